The fourth-order valence-electron chi connectivity index (χ4n) is 2.80. The van der Waals surface area contributed by atoms with Crippen LogP contribution in [-0.2, 0) is 6.54 Å². The Morgan fingerprint density at radius 2 is 2.04 bits per heavy atom. The third-order valence-electron chi connectivity index (χ3n) is 4.03. The smallest absolute Gasteiger partial charge is 0.260 e. The summed E-state index contributed by atoms with van der Waals surface area (Å²) in [6.07, 6.45) is 5.03. The van der Waals surface area contributed by atoms with E-state index in [1.165, 1.54) is 55.2 Å². The fraction of sp³-hybridized carbons (Fsp3) is 0.412. The summed E-state index contributed by atoms with van der Waals surface area (Å²) >= 11 is 7.18. The zero-order chi connectivity index (χ0) is 16.9. The van der Waals surface area contributed by atoms with Gasteiger partial charge in [-0.05, 0) is 44.1 Å². The van der Waals surface area contributed by atoms with Crippen LogP contribution in [0.15, 0.2) is 23.6 Å². The van der Waals surface area contributed by atoms with Crippen LogP contribution in [-0.4, -0.2) is 28.9 Å². The van der Waals surface area contributed by atoms with Crippen molar-refractivity contribution in [2.75, 3.05) is 18.4 Å². The van der Waals surface area contributed by atoms with Crippen LogP contribution in [0, 0.1) is 5.82 Å². The minimum Gasteiger partial charge on any atom is -0.298 e. The average Bonchev–Trinajstić information content (AvgIpc) is 2.83. The first-order chi connectivity index (χ1) is 11.6. The van der Waals surface area contributed by atoms with E-state index in [0.717, 1.165) is 25.3 Å². The number of nitrogens with one attached hydrogen (secondary N) is 1. The Labute approximate surface area is 149 Å². The minimum absolute atomic E-state index is 0.0771. The summed E-state index contributed by atoms with van der Waals surface area (Å²) in [5.74, 6) is -1.14. The monoisotopic (exact) mass is 367 g/mol. The van der Waals surface area contributed by atoms with E-state index in [2.05, 4.69) is 15.2 Å². The molecule has 1 aromatic heterocycles. The summed E-state index contributed by atoms with van der Waals surface area (Å²) in [7, 11) is 0. The molecule has 1 aliphatic heterocycles. The number of benzene rings is 1. The normalized spacial score (nSPS) is 15.9. The molecule has 1 aromatic carbocycles. The second-order valence-electron chi connectivity index (χ2n) is 5.91. The minimum atomic E-state index is -0.599. The van der Waals surface area contributed by atoms with E-state index in [9.17, 15) is 9.18 Å². The van der Waals surface area contributed by atoms with Gasteiger partial charge in [0, 0.05) is 16.9 Å². The van der Waals surface area contributed by atoms with Crippen LogP contribution in [0.1, 0.15) is 41.7 Å². The first kappa shape index (κ1) is 17.3. The Hall–Kier alpha value is -1.50. The van der Waals surface area contributed by atoms with Crippen molar-refractivity contribution < 1.29 is 9.18 Å². The topological polar surface area (TPSA) is 45.2 Å². The van der Waals surface area contributed by atoms with E-state index in [4.69, 9.17) is 11.6 Å². The van der Waals surface area contributed by atoms with Gasteiger partial charge in [-0.25, -0.2) is 9.37 Å². The number of nitrogens with zero attached hydrogens (tertiary/aromatic N) is 2. The molecular formula is C17H19ClFN3OS. The number of rotatable bonds is 4. The van der Waals surface area contributed by atoms with Gasteiger partial charge in [0.25, 0.3) is 5.91 Å². The number of anilines is 1. The molecule has 2 heterocycles. The van der Waals surface area contributed by atoms with E-state index >= 15 is 0 Å². The number of halogens is 2. The maximum absolute atomic E-state index is 13.7. The molecule has 1 saturated heterocycles. The lowest BCUT2D eigenvalue weighted by atomic mass is 10.2. The van der Waals surface area contributed by atoms with Gasteiger partial charge >= 0.3 is 0 Å². The standard InChI is InChI=1S/C17H19ClFN3OS/c18-12-5-6-15(19)14(9-12)16(23)21-17-20-13(11-24-17)10-22-7-3-1-2-4-8-22/h5-6,9,11H,1-4,7-8,10H2,(H,20,21,23). The van der Waals surface area contributed by atoms with E-state index in [0.29, 0.717) is 10.2 Å². The molecule has 0 aliphatic carbocycles. The number of likely N-dealkylation sites (tertiary alicyclic amines) is 1. The Kier molecular flexibility index (Phi) is 5.81. The number of carbonyl (C=O) groups is 1. The van der Waals surface area contributed by atoms with Crippen LogP contribution in [0.2, 0.25) is 5.02 Å². The number of aromatic nitrogens is 1. The second kappa shape index (κ2) is 8.05. The van der Waals surface area contributed by atoms with Crippen molar-refractivity contribution in [2.45, 2.75) is 32.2 Å². The number of carbonyl (C=O) groups excluding carboxylic acids is 1. The highest BCUT2D eigenvalue weighted by molar-refractivity contribution is 7.14. The van der Waals surface area contributed by atoms with Crippen LogP contribution in [0.25, 0.3) is 0 Å². The fourth-order valence-corrected chi connectivity index (χ4v) is 3.66. The van der Waals surface area contributed by atoms with Crippen molar-refractivity contribution in [3.8, 4) is 0 Å². The summed E-state index contributed by atoms with van der Waals surface area (Å²) in [4.78, 5) is 19.0. The largest absolute Gasteiger partial charge is 0.298 e. The maximum atomic E-state index is 13.7. The summed E-state index contributed by atoms with van der Waals surface area (Å²) < 4.78 is 13.7. The SMILES string of the molecule is O=C(Nc1nc(CN2CCCCCC2)cs1)c1cc(Cl)ccc1F. The maximum Gasteiger partial charge on any atom is 0.260 e. The van der Waals surface area contributed by atoms with Crippen molar-refractivity contribution in [3.63, 3.8) is 0 Å². The molecule has 2 aromatic rings. The Morgan fingerprint density at radius 3 is 2.79 bits per heavy atom. The van der Waals surface area contributed by atoms with Gasteiger partial charge in [0.15, 0.2) is 5.13 Å². The van der Waals surface area contributed by atoms with Gasteiger partial charge in [-0.1, -0.05) is 24.4 Å². The van der Waals surface area contributed by atoms with Crippen molar-refractivity contribution in [2.24, 2.45) is 0 Å². The molecule has 1 aliphatic rings. The molecule has 1 N–H and O–H groups in total. The summed E-state index contributed by atoms with van der Waals surface area (Å²) in [5.41, 5.74) is 0.857. The zero-order valence-corrected chi connectivity index (χ0v) is 14.8. The molecule has 0 atom stereocenters. The van der Waals surface area contributed by atoms with Crippen molar-refractivity contribution in [3.05, 3.63) is 45.7 Å². The molecule has 128 valence electrons. The number of hydrogen-bond acceptors (Lipinski definition) is 4. The van der Waals surface area contributed by atoms with Crippen molar-refractivity contribution in [1.29, 1.82) is 0 Å². The van der Waals surface area contributed by atoms with Gasteiger partial charge in [0.1, 0.15) is 5.82 Å². The van der Waals surface area contributed by atoms with Crippen LogP contribution < -0.4 is 5.32 Å². The molecule has 0 unspecified atom stereocenters. The predicted octanol–water partition coefficient (Wildman–Crippen LogP) is 4.56. The number of hydrogen-bond donors (Lipinski definition) is 1. The number of amides is 1. The first-order valence-corrected chi connectivity index (χ1v) is 9.31. The molecule has 0 radical (unpaired) electrons. The second-order valence-corrected chi connectivity index (χ2v) is 7.21. The lowest BCUT2D eigenvalue weighted by Crippen LogP contribution is -2.24. The highest BCUT2D eigenvalue weighted by Crippen LogP contribution is 2.21. The predicted molar refractivity (Wildman–Crippen MR) is 95.2 cm³/mol. The Morgan fingerprint density at radius 1 is 1.29 bits per heavy atom. The third-order valence-corrected chi connectivity index (χ3v) is 5.07. The van der Waals surface area contributed by atoms with E-state index in [1.54, 1.807) is 0 Å². The van der Waals surface area contributed by atoms with Crippen molar-refractivity contribution >= 4 is 34.0 Å². The van der Waals surface area contributed by atoms with E-state index in [-0.39, 0.29) is 5.56 Å². The van der Waals surface area contributed by atoms with Gasteiger partial charge in [-0.3, -0.25) is 15.0 Å². The highest BCUT2D eigenvalue weighted by atomic mass is 35.5. The summed E-state index contributed by atoms with van der Waals surface area (Å²) in [5, 5.41) is 5.38. The van der Waals surface area contributed by atoms with E-state index < -0.39 is 11.7 Å². The summed E-state index contributed by atoms with van der Waals surface area (Å²) in [6, 6.07) is 3.91. The Bertz CT molecular complexity index is 714. The lowest BCUT2D eigenvalue weighted by molar-refractivity contribution is 0.102. The summed E-state index contributed by atoms with van der Waals surface area (Å²) in [6.45, 7) is 2.97. The van der Waals surface area contributed by atoms with Gasteiger partial charge in [-0.15, -0.1) is 11.3 Å². The van der Waals surface area contributed by atoms with Gasteiger partial charge in [0.2, 0.25) is 0 Å². The molecule has 4 nitrogen and oxygen atoms in total. The third kappa shape index (κ3) is 4.53. The lowest BCUT2D eigenvalue weighted by Gasteiger charge is -2.17. The quantitative estimate of drug-likeness (QED) is 0.861. The molecule has 1 fully saturated rings. The van der Waals surface area contributed by atoms with Crippen LogP contribution in [0.3, 0.4) is 0 Å². The molecular weight excluding hydrogens is 349 g/mol. The van der Waals surface area contributed by atoms with E-state index in [1.807, 2.05) is 5.38 Å². The Balaban J connectivity index is 1.63. The van der Waals surface area contributed by atoms with Crippen LogP contribution in [0.5, 0.6) is 0 Å². The van der Waals surface area contributed by atoms with Crippen LogP contribution >= 0.6 is 22.9 Å². The van der Waals surface area contributed by atoms with Gasteiger partial charge in [-0.2, -0.15) is 0 Å². The van der Waals surface area contributed by atoms with Gasteiger partial charge < -0.3 is 0 Å². The number of thiazole rings is 1. The molecule has 1 amide bonds. The molecule has 3 rings (SSSR count). The molecule has 0 bridgehead atoms. The highest BCUT2D eigenvalue weighted by Gasteiger charge is 2.15. The average molecular weight is 368 g/mol. The molecule has 7 heteroatoms. The van der Waals surface area contributed by atoms with Crippen LogP contribution in [0.4, 0.5) is 9.52 Å². The molecule has 24 heavy (non-hydrogen) atoms. The van der Waals surface area contributed by atoms with Crippen molar-refractivity contribution in [1.82, 2.24) is 9.88 Å². The first-order valence-electron chi connectivity index (χ1n) is 8.05. The van der Waals surface area contributed by atoms with Gasteiger partial charge in [0.05, 0.1) is 11.3 Å². The molecule has 0 saturated carbocycles. The molecule has 0 spiro atoms. The zero-order valence-electron chi connectivity index (χ0n) is 13.2.